The molecular weight excluding hydrogens is 270 g/mol. The molecule has 1 aliphatic rings. The predicted molar refractivity (Wildman–Crippen MR) is 78.1 cm³/mol. The van der Waals surface area contributed by atoms with Gasteiger partial charge in [0, 0.05) is 50.6 Å². The zero-order valence-corrected chi connectivity index (χ0v) is 12.0. The lowest BCUT2D eigenvalue weighted by atomic mass is 9.93. The number of likely N-dealkylation sites (N-methyl/N-ethyl adjacent to an activating group) is 1. The molecule has 1 amide bonds. The molecule has 6 nitrogen and oxygen atoms in total. The number of rotatable bonds is 3. The summed E-state index contributed by atoms with van der Waals surface area (Å²) in [5, 5.41) is 18.3. The van der Waals surface area contributed by atoms with Crippen molar-refractivity contribution in [3.05, 3.63) is 30.0 Å². The van der Waals surface area contributed by atoms with Crippen LogP contribution in [0.15, 0.2) is 24.4 Å². The Morgan fingerprint density at radius 1 is 1.48 bits per heavy atom. The van der Waals surface area contributed by atoms with Gasteiger partial charge in [-0.05, 0) is 12.1 Å². The minimum atomic E-state index is -0.846. The first-order chi connectivity index (χ1) is 10.1. The quantitative estimate of drug-likeness (QED) is 0.889. The van der Waals surface area contributed by atoms with Crippen molar-refractivity contribution in [1.29, 1.82) is 0 Å². The second-order valence-electron chi connectivity index (χ2n) is 5.67. The van der Waals surface area contributed by atoms with Crippen molar-refractivity contribution in [3.63, 3.8) is 0 Å². The number of hydrogen-bond acceptors (Lipinski definition) is 4. The van der Waals surface area contributed by atoms with E-state index in [1.165, 1.54) is 0 Å². The van der Waals surface area contributed by atoms with E-state index in [2.05, 4.69) is 10.2 Å². The number of carbonyl (C=O) groups is 1. The number of aliphatic hydroxyl groups is 1. The van der Waals surface area contributed by atoms with Crippen molar-refractivity contribution in [2.45, 2.75) is 18.4 Å². The Morgan fingerprint density at radius 2 is 2.24 bits per heavy atom. The van der Waals surface area contributed by atoms with Gasteiger partial charge in [-0.3, -0.25) is 9.89 Å². The van der Waals surface area contributed by atoms with Crippen molar-refractivity contribution in [1.82, 2.24) is 15.1 Å². The van der Waals surface area contributed by atoms with Crippen LogP contribution in [0.25, 0.3) is 10.9 Å². The average Bonchev–Trinajstić information content (AvgIpc) is 2.94. The molecule has 1 saturated heterocycles. The summed E-state index contributed by atoms with van der Waals surface area (Å²) >= 11 is 0. The van der Waals surface area contributed by atoms with Crippen LogP contribution in [-0.2, 0) is 4.74 Å². The van der Waals surface area contributed by atoms with E-state index in [0.717, 1.165) is 10.9 Å². The highest BCUT2D eigenvalue weighted by Gasteiger charge is 2.32. The molecule has 6 heteroatoms. The summed E-state index contributed by atoms with van der Waals surface area (Å²) < 4.78 is 5.26. The minimum absolute atomic E-state index is 0.105. The van der Waals surface area contributed by atoms with E-state index in [0.29, 0.717) is 38.2 Å². The Hall–Kier alpha value is -1.92. The van der Waals surface area contributed by atoms with Gasteiger partial charge < -0.3 is 14.7 Å². The maximum Gasteiger partial charge on any atom is 0.253 e. The van der Waals surface area contributed by atoms with Gasteiger partial charge in [-0.1, -0.05) is 6.07 Å². The SMILES string of the molecule is CN(CC1(O)CCOCC1)C(=O)c1ccc2cn[nH]c2c1. The van der Waals surface area contributed by atoms with Crippen molar-refractivity contribution >= 4 is 16.8 Å². The lowest BCUT2D eigenvalue weighted by Crippen LogP contribution is -2.47. The van der Waals surface area contributed by atoms with E-state index in [4.69, 9.17) is 4.74 Å². The Kier molecular flexibility index (Phi) is 3.65. The van der Waals surface area contributed by atoms with Crippen LogP contribution in [0, 0.1) is 0 Å². The highest BCUT2D eigenvalue weighted by atomic mass is 16.5. The summed E-state index contributed by atoms with van der Waals surface area (Å²) in [6, 6.07) is 5.43. The molecule has 112 valence electrons. The first kappa shape index (κ1) is 14.0. The lowest BCUT2D eigenvalue weighted by Gasteiger charge is -2.35. The van der Waals surface area contributed by atoms with Crippen molar-refractivity contribution in [2.24, 2.45) is 0 Å². The van der Waals surface area contributed by atoms with Crippen LogP contribution < -0.4 is 0 Å². The molecule has 2 N–H and O–H groups in total. The Balaban J connectivity index is 1.74. The van der Waals surface area contributed by atoms with Crippen LogP contribution in [0.2, 0.25) is 0 Å². The van der Waals surface area contributed by atoms with E-state index in [9.17, 15) is 9.90 Å². The smallest absolute Gasteiger partial charge is 0.253 e. The number of benzene rings is 1. The molecule has 1 fully saturated rings. The van der Waals surface area contributed by atoms with Gasteiger partial charge in [-0.25, -0.2) is 0 Å². The molecule has 0 spiro atoms. The first-order valence-electron chi connectivity index (χ1n) is 7.06. The number of nitrogens with one attached hydrogen (secondary N) is 1. The third-order valence-corrected chi connectivity index (χ3v) is 3.99. The van der Waals surface area contributed by atoms with Gasteiger partial charge in [0.25, 0.3) is 5.91 Å². The van der Waals surface area contributed by atoms with Crippen molar-refractivity contribution < 1.29 is 14.6 Å². The third-order valence-electron chi connectivity index (χ3n) is 3.99. The van der Waals surface area contributed by atoms with Crippen LogP contribution >= 0.6 is 0 Å². The number of amides is 1. The number of H-pyrrole nitrogens is 1. The molecule has 2 heterocycles. The number of carbonyl (C=O) groups excluding carboxylic acids is 1. The number of nitrogens with zero attached hydrogens (tertiary/aromatic N) is 2. The largest absolute Gasteiger partial charge is 0.388 e. The average molecular weight is 289 g/mol. The summed E-state index contributed by atoms with van der Waals surface area (Å²) in [7, 11) is 1.72. The zero-order chi connectivity index (χ0) is 14.9. The fourth-order valence-electron chi connectivity index (χ4n) is 2.71. The highest BCUT2D eigenvalue weighted by Crippen LogP contribution is 2.22. The standard InChI is InChI=1S/C15H19N3O3/c1-18(10-15(20)4-6-21-7-5-15)14(19)11-2-3-12-9-16-17-13(12)8-11/h2-3,8-9,20H,4-7,10H2,1H3,(H,16,17). The van der Waals surface area contributed by atoms with E-state index in [1.54, 1.807) is 30.3 Å². The Labute approximate surface area is 122 Å². The number of fused-ring (bicyclic) bond motifs is 1. The molecule has 0 bridgehead atoms. The van der Waals surface area contributed by atoms with Gasteiger partial charge in [-0.2, -0.15) is 5.10 Å². The molecule has 0 atom stereocenters. The predicted octanol–water partition coefficient (Wildman–Crippen LogP) is 1.18. The Bertz CT molecular complexity index is 646. The fourth-order valence-corrected chi connectivity index (χ4v) is 2.71. The molecule has 1 aromatic carbocycles. The van der Waals surface area contributed by atoms with E-state index in [1.807, 2.05) is 6.07 Å². The lowest BCUT2D eigenvalue weighted by molar-refractivity contribution is -0.0734. The molecule has 0 radical (unpaired) electrons. The highest BCUT2D eigenvalue weighted by molar-refractivity contribution is 5.97. The van der Waals surface area contributed by atoms with E-state index >= 15 is 0 Å². The fraction of sp³-hybridized carbons (Fsp3) is 0.467. The molecule has 2 aromatic rings. The number of hydrogen-bond donors (Lipinski definition) is 2. The van der Waals surface area contributed by atoms with E-state index in [-0.39, 0.29) is 5.91 Å². The number of aromatic nitrogens is 2. The molecule has 0 aliphatic carbocycles. The van der Waals surface area contributed by atoms with Crippen LogP contribution in [-0.4, -0.2) is 58.5 Å². The van der Waals surface area contributed by atoms with Gasteiger partial charge >= 0.3 is 0 Å². The first-order valence-corrected chi connectivity index (χ1v) is 7.06. The number of ether oxygens (including phenoxy) is 1. The molecule has 0 unspecified atom stereocenters. The third kappa shape index (κ3) is 2.91. The second kappa shape index (κ2) is 5.46. The summed E-state index contributed by atoms with van der Waals surface area (Å²) in [4.78, 5) is 14.0. The normalized spacial score (nSPS) is 17.8. The van der Waals surface area contributed by atoms with Gasteiger partial charge in [0.15, 0.2) is 0 Å². The maximum absolute atomic E-state index is 12.5. The molecule has 0 saturated carbocycles. The molecular formula is C15H19N3O3. The minimum Gasteiger partial charge on any atom is -0.388 e. The zero-order valence-electron chi connectivity index (χ0n) is 12.0. The van der Waals surface area contributed by atoms with Gasteiger partial charge in [0.1, 0.15) is 0 Å². The summed E-state index contributed by atoms with van der Waals surface area (Å²) in [5.41, 5.74) is 0.574. The topological polar surface area (TPSA) is 78.5 Å². The molecule has 1 aliphatic heterocycles. The van der Waals surface area contributed by atoms with Gasteiger partial charge in [0.05, 0.1) is 17.3 Å². The van der Waals surface area contributed by atoms with Gasteiger partial charge in [0.2, 0.25) is 0 Å². The maximum atomic E-state index is 12.5. The van der Waals surface area contributed by atoms with Crippen molar-refractivity contribution in [3.8, 4) is 0 Å². The Morgan fingerprint density at radius 3 is 3.00 bits per heavy atom. The van der Waals surface area contributed by atoms with Crippen LogP contribution in [0.4, 0.5) is 0 Å². The summed E-state index contributed by atoms with van der Waals surface area (Å²) in [5.74, 6) is -0.105. The second-order valence-corrected chi connectivity index (χ2v) is 5.67. The molecule has 1 aromatic heterocycles. The van der Waals surface area contributed by atoms with Crippen LogP contribution in [0.1, 0.15) is 23.2 Å². The number of aromatic amines is 1. The molecule has 3 rings (SSSR count). The summed E-state index contributed by atoms with van der Waals surface area (Å²) in [6.07, 6.45) is 2.84. The van der Waals surface area contributed by atoms with Crippen LogP contribution in [0.5, 0.6) is 0 Å². The van der Waals surface area contributed by atoms with E-state index < -0.39 is 5.60 Å². The van der Waals surface area contributed by atoms with Crippen LogP contribution in [0.3, 0.4) is 0 Å². The monoisotopic (exact) mass is 289 g/mol. The van der Waals surface area contributed by atoms with Gasteiger partial charge in [-0.15, -0.1) is 0 Å². The molecule has 21 heavy (non-hydrogen) atoms. The summed E-state index contributed by atoms with van der Waals surface area (Å²) in [6.45, 7) is 1.40. The van der Waals surface area contributed by atoms with Crippen molar-refractivity contribution in [2.75, 3.05) is 26.8 Å².